The first-order chi connectivity index (χ1) is 13.2. The lowest BCUT2D eigenvalue weighted by atomic mass is 10.0. The first-order valence-electron chi connectivity index (χ1n) is 9.51. The minimum absolute atomic E-state index is 0.105. The van der Waals surface area contributed by atoms with E-state index in [1.54, 1.807) is 6.07 Å². The van der Waals surface area contributed by atoms with Gasteiger partial charge in [0.15, 0.2) is 5.78 Å². The maximum atomic E-state index is 11.8. The number of Topliss-reactive ketones (excluding diaryl/α,β-unsaturated/α-hetero) is 1. The Kier molecular flexibility index (Phi) is 6.09. The minimum atomic E-state index is -0.572. The van der Waals surface area contributed by atoms with Crippen LogP contribution in [0.25, 0.3) is 11.0 Å². The molecule has 0 atom stereocenters. The predicted molar refractivity (Wildman–Crippen MR) is 117 cm³/mol. The summed E-state index contributed by atoms with van der Waals surface area (Å²) >= 11 is 1.95. The smallest absolute Gasteiger partial charge is 0.347 e. The van der Waals surface area contributed by atoms with Crippen LogP contribution in [0.15, 0.2) is 57.7 Å². The van der Waals surface area contributed by atoms with Crippen molar-refractivity contribution in [2.75, 3.05) is 0 Å². The van der Waals surface area contributed by atoms with Crippen LogP contribution < -0.4 is 5.63 Å². The monoisotopic (exact) mass is 394 g/mol. The second-order valence-corrected chi connectivity index (χ2v) is 9.90. The molecule has 0 fully saturated rings. The van der Waals surface area contributed by atoms with Gasteiger partial charge in [-0.05, 0) is 54.7 Å². The van der Waals surface area contributed by atoms with Gasteiger partial charge in [0.05, 0.1) is 0 Å². The molecule has 2 aromatic carbocycles. The zero-order valence-electron chi connectivity index (χ0n) is 16.9. The molecule has 0 saturated heterocycles. The third-order valence-electron chi connectivity index (χ3n) is 4.57. The molecule has 0 N–H and O–H groups in total. The summed E-state index contributed by atoms with van der Waals surface area (Å²) < 4.78 is 5.53. The molecule has 28 heavy (non-hydrogen) atoms. The van der Waals surface area contributed by atoms with Crippen molar-refractivity contribution in [1.82, 2.24) is 0 Å². The maximum Gasteiger partial charge on any atom is 0.347 e. The number of ketones is 1. The van der Waals surface area contributed by atoms with Gasteiger partial charge in [-0.2, -0.15) is 11.8 Å². The first-order valence-corrected chi connectivity index (χ1v) is 10.5. The number of hydrogen-bond donors (Lipinski definition) is 0. The summed E-state index contributed by atoms with van der Waals surface area (Å²) in [5.41, 5.74) is 3.85. The molecule has 1 heterocycles. The van der Waals surface area contributed by atoms with E-state index >= 15 is 0 Å². The molecule has 3 aromatic rings. The van der Waals surface area contributed by atoms with Gasteiger partial charge in [0.25, 0.3) is 0 Å². The summed E-state index contributed by atoms with van der Waals surface area (Å²) in [4.78, 5) is 23.4. The SMILES string of the molecule is CC(=O)c1cc2cc(CCc3ccc(CSC(C)(C)C)cc3)ccc2oc1=O. The molecule has 3 nitrogen and oxygen atoms in total. The van der Waals surface area contributed by atoms with Crippen molar-refractivity contribution in [3.63, 3.8) is 0 Å². The van der Waals surface area contributed by atoms with E-state index in [1.165, 1.54) is 18.1 Å². The quantitative estimate of drug-likeness (QED) is 0.391. The van der Waals surface area contributed by atoms with E-state index < -0.39 is 5.63 Å². The lowest BCUT2D eigenvalue weighted by Gasteiger charge is -2.17. The van der Waals surface area contributed by atoms with E-state index in [0.717, 1.165) is 29.5 Å². The highest BCUT2D eigenvalue weighted by Gasteiger charge is 2.11. The summed E-state index contributed by atoms with van der Waals surface area (Å²) in [6, 6.07) is 16.2. The van der Waals surface area contributed by atoms with Gasteiger partial charge >= 0.3 is 5.63 Å². The zero-order chi connectivity index (χ0) is 20.3. The predicted octanol–water partition coefficient (Wildman–Crippen LogP) is 5.81. The Hall–Kier alpha value is -2.33. The number of benzene rings is 2. The maximum absolute atomic E-state index is 11.8. The van der Waals surface area contributed by atoms with Gasteiger partial charge in [0.2, 0.25) is 0 Å². The Morgan fingerprint density at radius 3 is 2.18 bits per heavy atom. The van der Waals surface area contributed by atoms with Gasteiger partial charge in [-0.1, -0.05) is 51.1 Å². The second-order valence-electron chi connectivity index (χ2n) is 8.09. The van der Waals surface area contributed by atoms with Crippen LogP contribution in [0.2, 0.25) is 0 Å². The highest BCUT2D eigenvalue weighted by Crippen LogP contribution is 2.27. The third-order valence-corrected chi connectivity index (χ3v) is 5.92. The molecule has 0 bridgehead atoms. The topological polar surface area (TPSA) is 47.3 Å². The molecule has 146 valence electrons. The van der Waals surface area contributed by atoms with E-state index in [9.17, 15) is 9.59 Å². The van der Waals surface area contributed by atoms with Gasteiger partial charge in [-0.3, -0.25) is 4.79 Å². The first kappa shape index (κ1) is 20.4. The number of hydrogen-bond acceptors (Lipinski definition) is 4. The molecule has 0 radical (unpaired) electrons. The lowest BCUT2D eigenvalue weighted by molar-refractivity contribution is 0.101. The Morgan fingerprint density at radius 2 is 1.54 bits per heavy atom. The molecule has 0 amide bonds. The van der Waals surface area contributed by atoms with E-state index in [-0.39, 0.29) is 16.1 Å². The van der Waals surface area contributed by atoms with Crippen LogP contribution in [0.4, 0.5) is 0 Å². The Bertz CT molecular complexity index is 1040. The van der Waals surface area contributed by atoms with E-state index in [4.69, 9.17) is 4.42 Å². The molecule has 0 spiro atoms. The molecular formula is C24H26O3S. The number of carbonyl (C=O) groups excluding carboxylic acids is 1. The molecule has 0 unspecified atom stereocenters. The summed E-state index contributed by atoms with van der Waals surface area (Å²) in [6.45, 7) is 8.09. The van der Waals surface area contributed by atoms with Crippen LogP contribution in [0, 0.1) is 0 Å². The van der Waals surface area contributed by atoms with Crippen LogP contribution in [-0.2, 0) is 18.6 Å². The van der Waals surface area contributed by atoms with Crippen LogP contribution >= 0.6 is 11.8 Å². The normalized spacial score (nSPS) is 11.7. The van der Waals surface area contributed by atoms with Gasteiger partial charge in [0, 0.05) is 15.9 Å². The van der Waals surface area contributed by atoms with E-state index in [1.807, 2.05) is 30.0 Å². The van der Waals surface area contributed by atoms with Crippen molar-refractivity contribution in [3.05, 3.63) is 81.2 Å². The highest BCUT2D eigenvalue weighted by molar-refractivity contribution is 7.99. The van der Waals surface area contributed by atoms with Crippen LogP contribution in [0.1, 0.15) is 54.7 Å². The number of thioether (sulfide) groups is 1. The Balaban J connectivity index is 1.68. The number of carbonyl (C=O) groups is 1. The van der Waals surface area contributed by atoms with Crippen molar-refractivity contribution in [2.24, 2.45) is 0 Å². The third kappa shape index (κ3) is 5.35. The molecule has 3 rings (SSSR count). The number of aryl methyl sites for hydroxylation is 2. The van der Waals surface area contributed by atoms with Crippen LogP contribution in [0.3, 0.4) is 0 Å². The van der Waals surface area contributed by atoms with Crippen molar-refractivity contribution in [1.29, 1.82) is 0 Å². The highest BCUT2D eigenvalue weighted by atomic mass is 32.2. The largest absolute Gasteiger partial charge is 0.422 e. The number of fused-ring (bicyclic) bond motifs is 1. The summed E-state index contributed by atoms with van der Waals surface area (Å²) in [5.74, 6) is 0.753. The summed E-state index contributed by atoms with van der Waals surface area (Å²) in [7, 11) is 0. The fourth-order valence-electron chi connectivity index (χ4n) is 2.96. The standard InChI is InChI=1S/C24H26O3S/c1-16(25)21-14-20-13-18(11-12-22(20)27-23(21)26)8-5-17-6-9-19(10-7-17)15-28-24(2,3)4/h6-7,9-14H,5,8,15H2,1-4H3. The summed E-state index contributed by atoms with van der Waals surface area (Å²) in [5, 5.41) is 0.789. The Morgan fingerprint density at radius 1 is 0.929 bits per heavy atom. The van der Waals surface area contributed by atoms with Crippen molar-refractivity contribution < 1.29 is 9.21 Å². The van der Waals surface area contributed by atoms with Gasteiger partial charge in [0.1, 0.15) is 11.1 Å². The fraction of sp³-hybridized carbons (Fsp3) is 0.333. The molecule has 0 aliphatic rings. The van der Waals surface area contributed by atoms with E-state index in [0.29, 0.717) is 5.58 Å². The zero-order valence-corrected chi connectivity index (χ0v) is 17.7. The lowest BCUT2D eigenvalue weighted by Crippen LogP contribution is -2.11. The summed E-state index contributed by atoms with van der Waals surface area (Å²) in [6.07, 6.45) is 1.83. The van der Waals surface area contributed by atoms with Crippen molar-refractivity contribution >= 4 is 28.5 Å². The molecule has 0 saturated carbocycles. The van der Waals surface area contributed by atoms with Crippen molar-refractivity contribution in [2.45, 2.75) is 51.0 Å². The molecule has 4 heteroatoms. The molecular weight excluding hydrogens is 368 g/mol. The number of rotatable bonds is 6. The Labute approximate surface area is 170 Å². The average Bonchev–Trinajstić information content (AvgIpc) is 2.64. The van der Waals surface area contributed by atoms with Gasteiger partial charge in [-0.25, -0.2) is 4.79 Å². The van der Waals surface area contributed by atoms with Crippen LogP contribution in [0.5, 0.6) is 0 Å². The molecule has 0 aliphatic heterocycles. The van der Waals surface area contributed by atoms with Crippen LogP contribution in [-0.4, -0.2) is 10.5 Å². The molecule has 0 aliphatic carbocycles. The molecule has 1 aromatic heterocycles. The van der Waals surface area contributed by atoms with Gasteiger partial charge in [-0.15, -0.1) is 0 Å². The second kappa shape index (κ2) is 8.36. The average molecular weight is 395 g/mol. The van der Waals surface area contributed by atoms with Crippen molar-refractivity contribution in [3.8, 4) is 0 Å². The van der Waals surface area contributed by atoms with Gasteiger partial charge < -0.3 is 4.42 Å². The minimum Gasteiger partial charge on any atom is -0.422 e. The fourth-order valence-corrected chi connectivity index (χ4v) is 3.76. The van der Waals surface area contributed by atoms with E-state index in [2.05, 4.69) is 45.0 Å².